The van der Waals surface area contributed by atoms with Gasteiger partial charge in [0, 0.05) is 5.56 Å². The van der Waals surface area contributed by atoms with Crippen molar-refractivity contribution in [2.45, 2.75) is 20.0 Å². The molecular formula is C19H17N3O3. The predicted molar refractivity (Wildman–Crippen MR) is 91.7 cm³/mol. The summed E-state index contributed by atoms with van der Waals surface area (Å²) in [7, 11) is 0. The normalized spacial score (nSPS) is 11.8. The Bertz CT molecular complexity index is 886. The monoisotopic (exact) mass is 335 g/mol. The van der Waals surface area contributed by atoms with Crippen molar-refractivity contribution in [3.8, 4) is 5.69 Å². The zero-order chi connectivity index (χ0) is 17.8. The lowest BCUT2D eigenvalue weighted by atomic mass is 10.1. The van der Waals surface area contributed by atoms with Crippen LogP contribution in [0.2, 0.25) is 0 Å². The fraction of sp³-hybridized carbons (Fsp3) is 0.158. The number of hydrogen-bond donors (Lipinski definition) is 0. The summed E-state index contributed by atoms with van der Waals surface area (Å²) in [5.41, 5.74) is 2.33. The van der Waals surface area contributed by atoms with E-state index in [0.717, 1.165) is 11.3 Å². The molecule has 0 aliphatic carbocycles. The van der Waals surface area contributed by atoms with E-state index < -0.39 is 12.1 Å². The van der Waals surface area contributed by atoms with Gasteiger partial charge in [0.05, 0.1) is 11.9 Å². The van der Waals surface area contributed by atoms with E-state index in [-0.39, 0.29) is 11.5 Å². The molecule has 126 valence electrons. The second-order valence-corrected chi connectivity index (χ2v) is 5.63. The summed E-state index contributed by atoms with van der Waals surface area (Å²) in [4.78, 5) is 25.9. The predicted octanol–water partition coefficient (Wildman–Crippen LogP) is 3.00. The number of para-hydroxylation sites is 1. The van der Waals surface area contributed by atoms with Gasteiger partial charge in [0.2, 0.25) is 5.78 Å². The van der Waals surface area contributed by atoms with Crippen LogP contribution < -0.4 is 0 Å². The molecule has 1 atom stereocenters. The van der Waals surface area contributed by atoms with Crippen molar-refractivity contribution in [1.82, 2.24) is 15.0 Å². The molecule has 0 aliphatic heterocycles. The van der Waals surface area contributed by atoms with Crippen LogP contribution in [0, 0.1) is 6.92 Å². The standard InChI is InChI=1S/C19H17N3O3/c1-13-8-10-15(11-9-13)18(23)14(2)25-19(24)17-12-20-22(21-17)16-6-4-3-5-7-16/h3-12,14H,1-2H3/t14-/m1/s1. The first-order valence-electron chi connectivity index (χ1n) is 7.84. The highest BCUT2D eigenvalue weighted by atomic mass is 16.5. The van der Waals surface area contributed by atoms with Gasteiger partial charge in [-0.25, -0.2) is 4.79 Å². The maximum atomic E-state index is 12.3. The Morgan fingerprint density at radius 3 is 2.40 bits per heavy atom. The number of Topliss-reactive ketones (excluding diaryl/α,β-unsaturated/α-hetero) is 1. The molecule has 0 radical (unpaired) electrons. The van der Waals surface area contributed by atoms with E-state index in [1.807, 2.05) is 49.4 Å². The van der Waals surface area contributed by atoms with Gasteiger partial charge < -0.3 is 4.74 Å². The molecule has 2 aromatic carbocycles. The summed E-state index contributed by atoms with van der Waals surface area (Å²) in [5, 5.41) is 8.14. The highest BCUT2D eigenvalue weighted by Gasteiger charge is 2.22. The maximum Gasteiger partial charge on any atom is 0.361 e. The van der Waals surface area contributed by atoms with Crippen LogP contribution in [0.15, 0.2) is 60.8 Å². The first kappa shape index (κ1) is 16.6. The molecule has 0 aliphatic rings. The molecule has 6 nitrogen and oxygen atoms in total. The van der Waals surface area contributed by atoms with Crippen molar-refractivity contribution in [3.63, 3.8) is 0 Å². The van der Waals surface area contributed by atoms with E-state index >= 15 is 0 Å². The average molecular weight is 335 g/mol. The number of esters is 1. The van der Waals surface area contributed by atoms with Gasteiger partial charge in [-0.2, -0.15) is 9.90 Å². The number of carbonyl (C=O) groups is 2. The maximum absolute atomic E-state index is 12.3. The molecular weight excluding hydrogens is 318 g/mol. The third-order valence-corrected chi connectivity index (χ3v) is 3.68. The fourth-order valence-electron chi connectivity index (χ4n) is 2.27. The lowest BCUT2D eigenvalue weighted by molar-refractivity contribution is 0.0312. The van der Waals surface area contributed by atoms with Crippen molar-refractivity contribution in [3.05, 3.63) is 77.6 Å². The largest absolute Gasteiger partial charge is 0.449 e. The molecule has 0 bridgehead atoms. The Balaban J connectivity index is 1.68. The van der Waals surface area contributed by atoms with E-state index in [4.69, 9.17) is 4.74 Å². The van der Waals surface area contributed by atoms with Crippen LogP contribution in [-0.4, -0.2) is 32.9 Å². The van der Waals surface area contributed by atoms with E-state index in [1.165, 1.54) is 11.0 Å². The molecule has 3 rings (SSSR count). The van der Waals surface area contributed by atoms with Gasteiger partial charge in [-0.05, 0) is 26.0 Å². The third-order valence-electron chi connectivity index (χ3n) is 3.68. The highest BCUT2D eigenvalue weighted by Crippen LogP contribution is 2.11. The van der Waals surface area contributed by atoms with Crippen molar-refractivity contribution in [2.75, 3.05) is 0 Å². The van der Waals surface area contributed by atoms with Gasteiger partial charge in [0.1, 0.15) is 0 Å². The minimum Gasteiger partial charge on any atom is -0.449 e. The van der Waals surface area contributed by atoms with Crippen LogP contribution in [0.25, 0.3) is 5.69 Å². The molecule has 0 unspecified atom stereocenters. The number of carbonyl (C=O) groups excluding carboxylic acids is 2. The Labute approximate surface area is 145 Å². The summed E-state index contributed by atoms with van der Waals surface area (Å²) in [6, 6.07) is 16.3. The second-order valence-electron chi connectivity index (χ2n) is 5.63. The fourth-order valence-corrected chi connectivity index (χ4v) is 2.27. The number of nitrogens with zero attached hydrogens (tertiary/aromatic N) is 3. The smallest absolute Gasteiger partial charge is 0.361 e. The summed E-state index contributed by atoms with van der Waals surface area (Å²) in [6.07, 6.45) is 0.412. The van der Waals surface area contributed by atoms with Crippen LogP contribution in [-0.2, 0) is 4.74 Å². The number of benzene rings is 2. The Kier molecular flexibility index (Phi) is 4.70. The molecule has 1 aromatic heterocycles. The van der Waals surface area contributed by atoms with Gasteiger partial charge in [0.15, 0.2) is 11.8 Å². The number of ketones is 1. The molecule has 0 N–H and O–H groups in total. The van der Waals surface area contributed by atoms with Gasteiger partial charge in [-0.3, -0.25) is 4.79 Å². The van der Waals surface area contributed by atoms with E-state index in [2.05, 4.69) is 10.2 Å². The summed E-state index contributed by atoms with van der Waals surface area (Å²) < 4.78 is 5.23. The van der Waals surface area contributed by atoms with Crippen LogP contribution in [0.5, 0.6) is 0 Å². The van der Waals surface area contributed by atoms with Gasteiger partial charge >= 0.3 is 5.97 Å². The first-order chi connectivity index (χ1) is 12.0. The first-order valence-corrected chi connectivity index (χ1v) is 7.84. The minimum absolute atomic E-state index is 0.0485. The molecule has 1 heterocycles. The van der Waals surface area contributed by atoms with Crippen molar-refractivity contribution < 1.29 is 14.3 Å². The SMILES string of the molecule is Cc1ccc(C(=O)[C@@H](C)OC(=O)c2cnn(-c3ccccc3)n2)cc1. The van der Waals surface area contributed by atoms with Gasteiger partial charge in [-0.1, -0.05) is 48.0 Å². The average Bonchev–Trinajstić information content (AvgIpc) is 3.13. The van der Waals surface area contributed by atoms with Crippen LogP contribution in [0.1, 0.15) is 33.3 Å². The quantitative estimate of drug-likeness (QED) is 0.529. The molecule has 25 heavy (non-hydrogen) atoms. The Morgan fingerprint density at radius 2 is 1.72 bits per heavy atom. The lowest BCUT2D eigenvalue weighted by Crippen LogP contribution is -2.24. The summed E-state index contributed by atoms with van der Waals surface area (Å²) >= 11 is 0. The molecule has 0 fully saturated rings. The third kappa shape index (κ3) is 3.80. The zero-order valence-electron chi connectivity index (χ0n) is 13.9. The van der Waals surface area contributed by atoms with Crippen LogP contribution in [0.4, 0.5) is 0 Å². The van der Waals surface area contributed by atoms with Gasteiger partial charge in [0.25, 0.3) is 0 Å². The Hall–Kier alpha value is -3.28. The molecule has 6 heteroatoms. The molecule has 0 spiro atoms. The van der Waals surface area contributed by atoms with E-state index in [0.29, 0.717) is 5.56 Å². The van der Waals surface area contributed by atoms with Crippen LogP contribution >= 0.6 is 0 Å². The Morgan fingerprint density at radius 1 is 1.04 bits per heavy atom. The summed E-state index contributed by atoms with van der Waals surface area (Å²) in [5.74, 6) is -0.945. The molecule has 0 amide bonds. The van der Waals surface area contributed by atoms with Crippen molar-refractivity contribution in [1.29, 1.82) is 0 Å². The lowest BCUT2D eigenvalue weighted by Gasteiger charge is -2.11. The second kappa shape index (κ2) is 7.09. The minimum atomic E-state index is -0.905. The molecule has 0 saturated carbocycles. The zero-order valence-corrected chi connectivity index (χ0v) is 13.9. The van der Waals surface area contributed by atoms with E-state index in [9.17, 15) is 9.59 Å². The number of aryl methyl sites for hydroxylation is 1. The number of rotatable bonds is 5. The van der Waals surface area contributed by atoms with Crippen molar-refractivity contribution >= 4 is 11.8 Å². The van der Waals surface area contributed by atoms with E-state index in [1.54, 1.807) is 19.1 Å². The number of ether oxygens (including phenoxy) is 1. The number of hydrogen-bond acceptors (Lipinski definition) is 5. The van der Waals surface area contributed by atoms with Gasteiger partial charge in [-0.15, -0.1) is 5.10 Å². The van der Waals surface area contributed by atoms with Crippen LogP contribution in [0.3, 0.4) is 0 Å². The number of aromatic nitrogens is 3. The summed E-state index contributed by atoms with van der Waals surface area (Å²) in [6.45, 7) is 3.48. The van der Waals surface area contributed by atoms with Crippen molar-refractivity contribution in [2.24, 2.45) is 0 Å². The topological polar surface area (TPSA) is 74.1 Å². The molecule has 0 saturated heterocycles. The highest BCUT2D eigenvalue weighted by molar-refractivity contribution is 6.01. The molecule has 3 aromatic rings.